The molecule has 1 aromatic heterocycles. The lowest BCUT2D eigenvalue weighted by atomic mass is 9.74. The predicted octanol–water partition coefficient (Wildman–Crippen LogP) is 3.90. The summed E-state index contributed by atoms with van der Waals surface area (Å²) in [6.45, 7) is 2.94. The number of carboxylic acid groups (broad SMARTS) is 1. The third kappa shape index (κ3) is 4.62. The average molecular weight is 604 g/mol. The fourth-order valence-electron chi connectivity index (χ4n) is 6.91. The number of nitrogens with one attached hydrogen (secondary N) is 1. The molecule has 13 heteroatoms. The summed E-state index contributed by atoms with van der Waals surface area (Å²) < 4.78 is 51.6. The number of carbonyl (C=O) groups excluding carboxylic acids is 1. The maximum atomic E-state index is 15.7. The van der Waals surface area contributed by atoms with Crippen molar-refractivity contribution in [1.82, 2.24) is 20.1 Å². The number of hydrogen-bond acceptors (Lipinski definition) is 9. The normalized spacial score (nSPS) is 26.8. The third-order valence-corrected chi connectivity index (χ3v) is 9.81. The summed E-state index contributed by atoms with van der Waals surface area (Å²) in [6.07, 6.45) is 3.37. The number of fused-ring (bicyclic) bond motifs is 1. The number of aliphatic imine (C=N–C) groups is 1. The minimum Gasteiger partial charge on any atom is -0.480 e. The number of halogens is 3. The second kappa shape index (κ2) is 10.8. The van der Waals surface area contributed by atoms with Gasteiger partial charge in [-0.15, -0.1) is 11.3 Å². The van der Waals surface area contributed by atoms with Gasteiger partial charge in [0.2, 0.25) is 0 Å². The van der Waals surface area contributed by atoms with Gasteiger partial charge in [0.15, 0.2) is 10.8 Å². The van der Waals surface area contributed by atoms with Crippen molar-refractivity contribution in [3.8, 4) is 0 Å². The number of carboxylic acids is 1. The van der Waals surface area contributed by atoms with Crippen molar-refractivity contribution in [1.29, 1.82) is 0 Å². The molecule has 6 rings (SSSR count). The Bertz CT molecular complexity index is 1460. The largest absolute Gasteiger partial charge is 0.480 e. The number of alkyl halides is 2. The first-order valence-corrected chi connectivity index (χ1v) is 15.0. The highest BCUT2D eigenvalue weighted by Crippen LogP contribution is 2.50. The highest BCUT2D eigenvalue weighted by atomic mass is 32.1. The highest BCUT2D eigenvalue weighted by Gasteiger charge is 2.65. The molecule has 2 N–H and O–H groups in total. The lowest BCUT2D eigenvalue weighted by molar-refractivity contribution is -0.166. The number of aromatic nitrogens is 1. The van der Waals surface area contributed by atoms with Crippen molar-refractivity contribution in [3.05, 3.63) is 63.0 Å². The Morgan fingerprint density at radius 3 is 2.71 bits per heavy atom. The highest BCUT2D eigenvalue weighted by molar-refractivity contribution is 7.11. The van der Waals surface area contributed by atoms with E-state index in [1.807, 2.05) is 0 Å². The van der Waals surface area contributed by atoms with Crippen molar-refractivity contribution in [3.63, 3.8) is 0 Å². The molecule has 0 amide bonds. The van der Waals surface area contributed by atoms with Crippen molar-refractivity contribution < 1.29 is 32.6 Å². The number of likely N-dealkylation sites (tertiary alicyclic amines) is 2. The summed E-state index contributed by atoms with van der Waals surface area (Å²) in [5, 5.41) is 15.5. The van der Waals surface area contributed by atoms with Crippen LogP contribution in [-0.4, -0.2) is 87.5 Å². The minimum atomic E-state index is -3.16. The molecule has 4 heterocycles. The van der Waals surface area contributed by atoms with Crippen LogP contribution in [0.1, 0.15) is 54.8 Å². The van der Waals surface area contributed by atoms with Crippen LogP contribution in [0.5, 0.6) is 0 Å². The number of benzene rings is 1. The van der Waals surface area contributed by atoms with Gasteiger partial charge in [-0.3, -0.25) is 19.6 Å². The van der Waals surface area contributed by atoms with Gasteiger partial charge in [-0.05, 0) is 56.7 Å². The van der Waals surface area contributed by atoms with E-state index >= 15 is 8.78 Å². The molecule has 1 aliphatic carbocycles. The van der Waals surface area contributed by atoms with Crippen LogP contribution in [-0.2, 0) is 14.3 Å². The van der Waals surface area contributed by atoms with E-state index in [9.17, 15) is 19.1 Å². The Morgan fingerprint density at radius 1 is 1.29 bits per heavy atom. The van der Waals surface area contributed by atoms with Crippen LogP contribution in [0.4, 0.5) is 13.2 Å². The maximum absolute atomic E-state index is 15.7. The SMILES string of the molecule is CCOC(=O)C1=C(CN2CC(F)(F)C3C2CCN3C2(C(=O)O)CCC2)NC(c2nccs2)=N[C@H]1c1cccc(F)c1C. The van der Waals surface area contributed by atoms with Crippen LogP contribution in [0.15, 0.2) is 46.0 Å². The number of esters is 1. The summed E-state index contributed by atoms with van der Waals surface area (Å²) in [7, 11) is 0. The van der Waals surface area contributed by atoms with Crippen molar-refractivity contribution in [2.24, 2.45) is 4.99 Å². The monoisotopic (exact) mass is 603 g/mol. The van der Waals surface area contributed by atoms with E-state index in [1.165, 1.54) is 28.4 Å². The smallest absolute Gasteiger partial charge is 0.338 e. The summed E-state index contributed by atoms with van der Waals surface area (Å²) in [4.78, 5) is 38.0. The number of nitrogens with zero attached hydrogens (tertiary/aromatic N) is 4. The van der Waals surface area contributed by atoms with Crippen LogP contribution in [0.25, 0.3) is 0 Å². The zero-order valence-electron chi connectivity index (χ0n) is 23.3. The van der Waals surface area contributed by atoms with E-state index in [0.29, 0.717) is 53.4 Å². The molecule has 3 aliphatic heterocycles. The van der Waals surface area contributed by atoms with Gasteiger partial charge in [0.25, 0.3) is 5.92 Å². The topological polar surface area (TPSA) is 107 Å². The fraction of sp³-hybridized carbons (Fsp3) is 0.517. The molecule has 224 valence electrons. The summed E-state index contributed by atoms with van der Waals surface area (Å²) >= 11 is 1.32. The molecule has 2 aromatic rings. The van der Waals surface area contributed by atoms with Gasteiger partial charge in [0.05, 0.1) is 24.8 Å². The number of aliphatic carboxylic acids is 1. The molecule has 0 radical (unpaired) electrons. The molecule has 0 bridgehead atoms. The average Bonchev–Trinajstić information content (AvgIpc) is 3.64. The quantitative estimate of drug-likeness (QED) is 0.438. The van der Waals surface area contributed by atoms with E-state index in [4.69, 9.17) is 9.73 Å². The molecule has 1 aromatic carbocycles. The predicted molar refractivity (Wildman–Crippen MR) is 149 cm³/mol. The zero-order valence-corrected chi connectivity index (χ0v) is 24.1. The molecule has 3 atom stereocenters. The summed E-state index contributed by atoms with van der Waals surface area (Å²) in [5.74, 6) is -5.01. The van der Waals surface area contributed by atoms with Crippen LogP contribution < -0.4 is 5.32 Å². The van der Waals surface area contributed by atoms with E-state index in [1.54, 1.807) is 36.4 Å². The van der Waals surface area contributed by atoms with Crippen LogP contribution >= 0.6 is 11.3 Å². The van der Waals surface area contributed by atoms with Gasteiger partial charge in [0.1, 0.15) is 17.4 Å². The van der Waals surface area contributed by atoms with Gasteiger partial charge in [0, 0.05) is 36.4 Å². The molecule has 4 aliphatic rings. The van der Waals surface area contributed by atoms with Crippen molar-refractivity contribution in [2.45, 2.75) is 69.1 Å². The first-order chi connectivity index (χ1) is 20.1. The molecule has 2 unspecified atom stereocenters. The fourth-order valence-corrected chi connectivity index (χ4v) is 7.49. The molecule has 0 spiro atoms. The zero-order chi connectivity index (χ0) is 29.8. The molecule has 2 saturated heterocycles. The number of rotatable bonds is 8. The van der Waals surface area contributed by atoms with Gasteiger partial charge >= 0.3 is 11.9 Å². The van der Waals surface area contributed by atoms with E-state index in [-0.39, 0.29) is 25.3 Å². The van der Waals surface area contributed by atoms with Gasteiger partial charge < -0.3 is 15.2 Å². The Balaban J connectivity index is 1.41. The standard InChI is InChI=1S/C29H32F3N5O4S/c1-3-41-26(38)21-19(34-24(25-33-11-13-42-25)35-22(21)17-6-4-7-18(30)16(17)2)14-36-15-29(31,32)23-20(36)8-12-37(23)28(27(39)40)9-5-10-28/h4,6-7,11,13,20,22-23H,3,5,8-10,12,14-15H2,1-2H3,(H,34,35)(H,39,40)/t20?,22-,23?/m0/s1. The molecular formula is C29H32F3N5O4S. The second-order valence-corrected chi connectivity index (χ2v) is 12.2. The van der Waals surface area contributed by atoms with Gasteiger partial charge in [-0.1, -0.05) is 12.1 Å². The summed E-state index contributed by atoms with van der Waals surface area (Å²) in [6, 6.07) is 1.72. The number of thiazole rings is 1. The Morgan fingerprint density at radius 2 is 2.07 bits per heavy atom. The van der Waals surface area contributed by atoms with E-state index in [2.05, 4.69) is 10.3 Å². The molecule has 1 saturated carbocycles. The van der Waals surface area contributed by atoms with Crippen LogP contribution in [0.2, 0.25) is 0 Å². The molecular weight excluding hydrogens is 571 g/mol. The van der Waals surface area contributed by atoms with Crippen LogP contribution in [0, 0.1) is 12.7 Å². The molecule has 42 heavy (non-hydrogen) atoms. The first-order valence-electron chi connectivity index (χ1n) is 14.1. The van der Waals surface area contributed by atoms with Crippen molar-refractivity contribution in [2.75, 3.05) is 26.2 Å². The summed E-state index contributed by atoms with van der Waals surface area (Å²) in [5.41, 5.74) is -0.0491. The minimum absolute atomic E-state index is 0.0614. The molecule has 3 fully saturated rings. The van der Waals surface area contributed by atoms with Crippen LogP contribution in [0.3, 0.4) is 0 Å². The third-order valence-electron chi connectivity index (χ3n) is 9.03. The van der Waals surface area contributed by atoms with Gasteiger partial charge in [-0.2, -0.15) is 0 Å². The number of hydrogen-bond donors (Lipinski definition) is 2. The number of ether oxygens (including phenoxy) is 1. The lowest BCUT2D eigenvalue weighted by Gasteiger charge is -2.48. The number of amidine groups is 1. The maximum Gasteiger partial charge on any atom is 0.338 e. The lowest BCUT2D eigenvalue weighted by Crippen LogP contribution is -2.64. The number of carbonyl (C=O) groups is 2. The van der Waals surface area contributed by atoms with E-state index < -0.39 is 53.9 Å². The Kier molecular flexibility index (Phi) is 7.38. The van der Waals surface area contributed by atoms with E-state index in [0.717, 1.165) is 0 Å². The molecule has 9 nitrogen and oxygen atoms in total. The Labute approximate surface area is 245 Å². The van der Waals surface area contributed by atoms with Gasteiger partial charge in [-0.25, -0.2) is 22.9 Å². The Hall–Kier alpha value is -3.29. The first kappa shape index (κ1) is 28.8. The van der Waals surface area contributed by atoms with Crippen molar-refractivity contribution >= 4 is 29.1 Å². The second-order valence-electron chi connectivity index (χ2n) is 11.3.